The molecule has 7 nitrogen and oxygen atoms in total. The van der Waals surface area contributed by atoms with E-state index >= 15 is 0 Å². The number of hydrogen-bond donors (Lipinski definition) is 1. The Morgan fingerprint density at radius 3 is 2.53 bits per heavy atom. The monoisotopic (exact) mass is 409 g/mol. The van der Waals surface area contributed by atoms with E-state index in [2.05, 4.69) is 22.4 Å². The third-order valence-corrected chi connectivity index (χ3v) is 5.03. The second kappa shape index (κ2) is 9.91. The summed E-state index contributed by atoms with van der Waals surface area (Å²) >= 11 is 0. The van der Waals surface area contributed by atoms with Gasteiger partial charge in [-0.1, -0.05) is 30.3 Å². The molecule has 1 atom stereocenters. The molecule has 1 heterocycles. The Bertz CT molecular complexity index is 1060. The van der Waals surface area contributed by atoms with Crippen LogP contribution in [0.4, 0.5) is 0 Å². The summed E-state index contributed by atoms with van der Waals surface area (Å²) in [6.07, 6.45) is 3.43. The van der Waals surface area contributed by atoms with Crippen LogP contribution >= 0.6 is 0 Å². The number of carbonyl (C=O) groups excluding carboxylic acids is 1. The minimum Gasteiger partial charge on any atom is -0.493 e. The normalized spacial score (nSPS) is 11.8. The average Bonchev–Trinajstić information content (AvgIpc) is 2.77. The second-order valence-electron chi connectivity index (χ2n) is 7.21. The zero-order valence-corrected chi connectivity index (χ0v) is 17.6. The number of carbonyl (C=O) groups is 1. The van der Waals surface area contributed by atoms with Gasteiger partial charge < -0.3 is 14.8 Å². The zero-order chi connectivity index (χ0) is 21.5. The molecule has 0 unspecified atom stereocenters. The maximum Gasteiger partial charge on any atom is 0.261 e. The molecule has 1 amide bonds. The number of benzene rings is 2. The quantitative estimate of drug-likeness (QED) is 0.588. The van der Waals surface area contributed by atoms with Crippen LogP contribution in [0, 0.1) is 0 Å². The summed E-state index contributed by atoms with van der Waals surface area (Å²) in [5.41, 5.74) is 1.55. The van der Waals surface area contributed by atoms with Crippen molar-refractivity contribution in [3.05, 3.63) is 64.7 Å². The van der Waals surface area contributed by atoms with Crippen molar-refractivity contribution in [2.45, 2.75) is 38.8 Å². The van der Waals surface area contributed by atoms with Crippen LogP contribution in [-0.2, 0) is 17.8 Å². The van der Waals surface area contributed by atoms with Gasteiger partial charge in [0.05, 0.1) is 31.4 Å². The van der Waals surface area contributed by atoms with Gasteiger partial charge in [0.1, 0.15) is 0 Å². The lowest BCUT2D eigenvalue weighted by molar-refractivity contribution is -0.121. The van der Waals surface area contributed by atoms with Crippen LogP contribution in [0.3, 0.4) is 0 Å². The molecule has 0 aliphatic carbocycles. The number of amides is 1. The van der Waals surface area contributed by atoms with E-state index in [1.54, 1.807) is 12.1 Å². The first kappa shape index (κ1) is 21.4. The van der Waals surface area contributed by atoms with Crippen LogP contribution in [0.2, 0.25) is 0 Å². The highest BCUT2D eigenvalue weighted by Gasteiger charge is 2.13. The Hall–Kier alpha value is -3.35. The van der Waals surface area contributed by atoms with Gasteiger partial charge in [0.15, 0.2) is 11.5 Å². The topological polar surface area (TPSA) is 82.5 Å². The van der Waals surface area contributed by atoms with E-state index in [1.807, 2.05) is 25.1 Å². The Morgan fingerprint density at radius 2 is 1.83 bits per heavy atom. The maximum atomic E-state index is 12.8. The molecule has 0 spiro atoms. The van der Waals surface area contributed by atoms with Gasteiger partial charge in [-0.05, 0) is 31.4 Å². The lowest BCUT2D eigenvalue weighted by Crippen LogP contribution is -2.34. The zero-order valence-electron chi connectivity index (χ0n) is 17.6. The van der Waals surface area contributed by atoms with Crippen LogP contribution in [-0.4, -0.2) is 35.7 Å². The first-order chi connectivity index (χ1) is 14.5. The molecule has 1 aromatic heterocycles. The number of nitrogens with zero attached hydrogens (tertiary/aromatic N) is 2. The maximum absolute atomic E-state index is 12.8. The molecule has 3 aromatic rings. The number of nitrogens with one attached hydrogen (secondary N) is 1. The number of aromatic nitrogens is 2. The first-order valence-corrected chi connectivity index (χ1v) is 9.96. The Balaban J connectivity index is 1.60. The largest absolute Gasteiger partial charge is 0.493 e. The molecule has 0 fully saturated rings. The minimum absolute atomic E-state index is 0.0564. The van der Waals surface area contributed by atoms with E-state index in [1.165, 1.54) is 30.7 Å². The number of fused-ring (bicyclic) bond motifs is 1. The van der Waals surface area contributed by atoms with Crippen molar-refractivity contribution in [1.29, 1.82) is 0 Å². The van der Waals surface area contributed by atoms with Gasteiger partial charge in [-0.15, -0.1) is 0 Å². The fourth-order valence-corrected chi connectivity index (χ4v) is 3.31. The molecular formula is C23H27N3O4. The molecule has 0 saturated heterocycles. The van der Waals surface area contributed by atoms with Crippen molar-refractivity contribution in [3.8, 4) is 11.5 Å². The van der Waals surface area contributed by atoms with Gasteiger partial charge in [-0.25, -0.2) is 4.98 Å². The van der Waals surface area contributed by atoms with Crippen molar-refractivity contribution in [1.82, 2.24) is 14.9 Å². The van der Waals surface area contributed by atoms with Crippen molar-refractivity contribution >= 4 is 16.8 Å². The molecular weight excluding hydrogens is 382 g/mol. The van der Waals surface area contributed by atoms with E-state index in [9.17, 15) is 9.59 Å². The van der Waals surface area contributed by atoms with Crippen molar-refractivity contribution in [2.24, 2.45) is 0 Å². The summed E-state index contributed by atoms with van der Waals surface area (Å²) in [5.74, 6) is 0.889. The lowest BCUT2D eigenvalue weighted by Gasteiger charge is -2.14. The summed E-state index contributed by atoms with van der Waals surface area (Å²) in [6, 6.07) is 13.5. The van der Waals surface area contributed by atoms with Crippen molar-refractivity contribution in [3.63, 3.8) is 0 Å². The van der Waals surface area contributed by atoms with Crippen molar-refractivity contribution < 1.29 is 14.3 Å². The number of rotatable bonds is 9. The molecule has 2 aromatic carbocycles. The van der Waals surface area contributed by atoms with Gasteiger partial charge in [-0.3, -0.25) is 14.2 Å². The Morgan fingerprint density at radius 1 is 1.13 bits per heavy atom. The third-order valence-electron chi connectivity index (χ3n) is 5.03. The van der Waals surface area contributed by atoms with Crippen molar-refractivity contribution in [2.75, 3.05) is 14.2 Å². The lowest BCUT2D eigenvalue weighted by atomic mass is 10.1. The van der Waals surface area contributed by atoms with E-state index in [-0.39, 0.29) is 30.5 Å². The predicted octanol–water partition coefficient (Wildman–Crippen LogP) is 2.94. The highest BCUT2D eigenvalue weighted by molar-refractivity contribution is 5.81. The van der Waals surface area contributed by atoms with Gasteiger partial charge in [0.2, 0.25) is 5.91 Å². The van der Waals surface area contributed by atoms with E-state index < -0.39 is 0 Å². The van der Waals surface area contributed by atoms with Gasteiger partial charge in [-0.2, -0.15) is 0 Å². The molecule has 158 valence electrons. The first-order valence-electron chi connectivity index (χ1n) is 9.96. The average molecular weight is 409 g/mol. The molecule has 30 heavy (non-hydrogen) atoms. The highest BCUT2D eigenvalue weighted by atomic mass is 16.5. The molecule has 0 bridgehead atoms. The SMILES string of the molecule is COc1cc2ncn(CCC(=O)N[C@H](C)CCc3ccccc3)c(=O)c2cc1OC. The molecule has 0 saturated carbocycles. The molecule has 1 N–H and O–H groups in total. The fraction of sp³-hybridized carbons (Fsp3) is 0.348. The molecule has 3 rings (SSSR count). The summed E-state index contributed by atoms with van der Waals surface area (Å²) in [7, 11) is 3.05. The van der Waals surface area contributed by atoms with Gasteiger partial charge in [0, 0.05) is 25.1 Å². The van der Waals surface area contributed by atoms with Gasteiger partial charge in [0.25, 0.3) is 5.56 Å². The summed E-state index contributed by atoms with van der Waals surface area (Å²) in [6.45, 7) is 2.25. The van der Waals surface area contributed by atoms with E-state index in [4.69, 9.17) is 9.47 Å². The van der Waals surface area contributed by atoms with Crippen LogP contribution in [0.5, 0.6) is 11.5 Å². The summed E-state index contributed by atoms with van der Waals surface area (Å²) < 4.78 is 12.0. The predicted molar refractivity (Wildman–Crippen MR) is 116 cm³/mol. The van der Waals surface area contributed by atoms with E-state index in [0.717, 1.165) is 12.8 Å². The standard InChI is InChI=1S/C23H27N3O4/c1-16(9-10-17-7-5-4-6-8-17)25-22(27)11-12-26-15-24-19-14-21(30-3)20(29-2)13-18(19)23(26)28/h4-8,13-16H,9-12H2,1-3H3,(H,25,27)/t16-/m1/s1. The number of methoxy groups -OCH3 is 2. The number of aryl methyl sites for hydroxylation is 2. The second-order valence-corrected chi connectivity index (χ2v) is 7.21. The molecule has 0 radical (unpaired) electrons. The summed E-state index contributed by atoms with van der Waals surface area (Å²) in [4.78, 5) is 29.4. The molecule has 7 heteroatoms. The number of hydrogen-bond acceptors (Lipinski definition) is 5. The Kier molecular flexibility index (Phi) is 7.06. The third kappa shape index (κ3) is 5.17. The smallest absolute Gasteiger partial charge is 0.261 e. The molecule has 0 aliphatic rings. The summed E-state index contributed by atoms with van der Waals surface area (Å²) in [5, 5.41) is 3.42. The minimum atomic E-state index is -0.217. The van der Waals surface area contributed by atoms with Crippen LogP contribution in [0.15, 0.2) is 53.6 Å². The van der Waals surface area contributed by atoms with Gasteiger partial charge >= 0.3 is 0 Å². The molecule has 0 aliphatic heterocycles. The van der Waals surface area contributed by atoms with E-state index in [0.29, 0.717) is 22.4 Å². The number of ether oxygens (including phenoxy) is 2. The highest BCUT2D eigenvalue weighted by Crippen LogP contribution is 2.29. The fourth-order valence-electron chi connectivity index (χ4n) is 3.31. The van der Waals surface area contributed by atoms with Crippen LogP contribution in [0.25, 0.3) is 10.9 Å². The van der Waals surface area contributed by atoms with Crippen LogP contribution < -0.4 is 20.3 Å². The van der Waals surface area contributed by atoms with Crippen LogP contribution in [0.1, 0.15) is 25.3 Å². The Labute approximate surface area is 175 Å².